The van der Waals surface area contributed by atoms with Gasteiger partial charge in [0.1, 0.15) is 61.8 Å². The van der Waals surface area contributed by atoms with Crippen LogP contribution in [0.25, 0.3) is 22.3 Å². The second kappa shape index (κ2) is 34.4. The van der Waals surface area contributed by atoms with Crippen molar-refractivity contribution in [2.75, 3.05) is 42.0 Å². The lowest BCUT2D eigenvalue weighted by atomic mass is 9.98. The highest BCUT2D eigenvalue weighted by molar-refractivity contribution is 6.30. The summed E-state index contributed by atoms with van der Waals surface area (Å²) in [6, 6.07) is 67.9. The summed E-state index contributed by atoms with van der Waals surface area (Å²) in [5.41, 5.74) is 6.51. The van der Waals surface area contributed by atoms with Gasteiger partial charge in [0, 0.05) is 16.7 Å². The average Bonchev–Trinajstić information content (AvgIpc) is 0.768. The molecule has 0 radical (unpaired) electrons. The minimum Gasteiger partial charge on any atom is -0.489 e. The van der Waals surface area contributed by atoms with E-state index in [-0.39, 0.29) is 65.7 Å². The summed E-state index contributed by atoms with van der Waals surface area (Å²) in [6.45, 7) is -0.762. The number of alkyl halides is 13. The molecule has 0 aliphatic carbocycles. The molecule has 0 saturated heterocycles. The molecule has 12 nitrogen and oxygen atoms in total. The normalized spacial score (nSPS) is 14.7. The molecule has 2 aliphatic rings. The largest absolute Gasteiger partial charge is 0.573 e. The Balaban J connectivity index is 0.000000192. The molecular weight excluding hydrogens is 1400 g/mol. The molecule has 0 amide bonds. The molecule has 26 heteroatoms. The van der Waals surface area contributed by atoms with E-state index in [1.807, 2.05) is 97.1 Å². The van der Waals surface area contributed by atoms with E-state index in [0.717, 1.165) is 28.8 Å². The van der Waals surface area contributed by atoms with Gasteiger partial charge in [-0.2, -0.15) is 26.3 Å². The zero-order valence-corrected chi connectivity index (χ0v) is 54.8. The quantitative estimate of drug-likeness (QED) is 0.0404. The Kier molecular flexibility index (Phi) is 25.5. The van der Waals surface area contributed by atoms with E-state index in [1.165, 1.54) is 46.2 Å². The number of carbonyl (C=O) groups is 1. The first kappa shape index (κ1) is 76.5. The number of β-amino-alcohol motifs (C(OH)–C–C–N with tert-alkyl or cyclic N) is 2. The third-order valence-electron chi connectivity index (χ3n) is 15.9. The number of aliphatic hydroxyl groups excluding tert-OH is 2. The standard InChI is InChI=1S/2C31H25F6NO4.C15H13ClO2.FH/c2*32-30(33,34)28(39)17-38-26-14-6-13-25(21-9-4-12-24(15-21)42-31(35,36)37)29(26)41-19-27(38)22-10-5-11-23(16-22)40-18-20-7-2-1-3-8-20;16-10-15(17)13-7-4-8-14(9-13)18-11-12-5-2-1-3-6-12;/h2*1-16,27-28,39H,17-19H2;1-9H,10-11H2;1H. The molecule has 0 fully saturated rings. The van der Waals surface area contributed by atoms with E-state index in [2.05, 4.69) is 9.47 Å². The number of hydrogen-bond acceptors (Lipinski definition) is 12. The molecule has 2 heterocycles. The fraction of sp³-hybridized carbons (Fsp3) is 0.208. The molecule has 2 aliphatic heterocycles. The number of rotatable bonds is 21. The van der Waals surface area contributed by atoms with Crippen molar-refractivity contribution in [1.29, 1.82) is 0 Å². The molecule has 0 spiro atoms. The number of fused-ring (bicyclic) bond motifs is 2. The van der Waals surface area contributed by atoms with E-state index < -0.39 is 74.0 Å². The van der Waals surface area contributed by atoms with Crippen molar-refractivity contribution in [3.05, 3.63) is 282 Å². The fourth-order valence-corrected chi connectivity index (χ4v) is 11.2. The summed E-state index contributed by atoms with van der Waals surface area (Å²) in [5, 5.41) is 20.1. The predicted octanol–water partition coefficient (Wildman–Crippen LogP) is 19.2. The van der Waals surface area contributed by atoms with Crippen molar-refractivity contribution in [1.82, 2.24) is 0 Å². The van der Waals surface area contributed by atoms with E-state index in [9.17, 15) is 67.7 Å². The Labute approximate surface area is 587 Å². The number of carbonyl (C=O) groups excluding carboxylic acids is 1. The molecular formula is C77H64ClF13N2O10. The molecule has 2 N–H and O–H groups in total. The number of aliphatic hydroxyl groups is 2. The van der Waals surface area contributed by atoms with Gasteiger partial charge in [0.15, 0.2) is 29.5 Å². The maximum atomic E-state index is 13.5. The Bertz CT molecular complexity index is 4160. The summed E-state index contributed by atoms with van der Waals surface area (Å²) in [5.74, 6) is 0.986. The summed E-state index contributed by atoms with van der Waals surface area (Å²) in [7, 11) is 0. The monoisotopic (exact) mass is 1460 g/mol. The highest BCUT2D eigenvalue weighted by Crippen LogP contribution is 2.49. The number of para-hydroxylation sites is 2. The lowest BCUT2D eigenvalue weighted by Gasteiger charge is -2.41. The second-order valence-corrected chi connectivity index (χ2v) is 23.4. The zero-order valence-electron chi connectivity index (χ0n) is 54.0. The number of ether oxygens (including phenoxy) is 7. The zero-order chi connectivity index (χ0) is 72.6. The Hall–Kier alpha value is -10.6. The van der Waals surface area contributed by atoms with Gasteiger partial charge in [-0.15, -0.1) is 37.9 Å². The topological polar surface area (TPSA) is 129 Å². The first-order valence-electron chi connectivity index (χ1n) is 31.4. The predicted molar refractivity (Wildman–Crippen MR) is 362 cm³/mol. The first-order valence-corrected chi connectivity index (χ1v) is 31.9. The van der Waals surface area contributed by atoms with E-state index >= 15 is 0 Å². The molecule has 540 valence electrons. The summed E-state index contributed by atoms with van der Waals surface area (Å²) in [4.78, 5) is 14.2. The lowest BCUT2D eigenvalue weighted by Crippen LogP contribution is -2.46. The number of nitrogens with zero attached hydrogens (tertiary/aromatic N) is 2. The second-order valence-electron chi connectivity index (χ2n) is 23.1. The van der Waals surface area contributed by atoms with Gasteiger partial charge in [-0.1, -0.05) is 176 Å². The van der Waals surface area contributed by atoms with Crippen LogP contribution in [-0.4, -0.2) is 85.5 Å². The number of ketones is 1. The maximum absolute atomic E-state index is 13.5. The smallest absolute Gasteiger partial charge is 0.489 e. The minimum atomic E-state index is -4.90. The van der Waals surface area contributed by atoms with Gasteiger partial charge in [-0.25, -0.2) is 0 Å². The van der Waals surface area contributed by atoms with Crippen LogP contribution in [0.2, 0.25) is 0 Å². The third-order valence-corrected chi connectivity index (χ3v) is 16.1. The van der Waals surface area contributed by atoms with Crippen LogP contribution in [0.5, 0.6) is 40.2 Å². The van der Waals surface area contributed by atoms with Gasteiger partial charge in [-0.3, -0.25) is 9.50 Å². The minimum absolute atomic E-state index is 0. The summed E-state index contributed by atoms with van der Waals surface area (Å²) in [6.07, 6.45) is -24.9. The number of benzene rings is 10. The first-order chi connectivity index (χ1) is 48.7. The molecule has 10 aromatic rings. The van der Waals surface area contributed by atoms with Gasteiger partial charge in [0.25, 0.3) is 0 Å². The van der Waals surface area contributed by atoms with Crippen LogP contribution in [0.3, 0.4) is 0 Å². The molecule has 10 aromatic carbocycles. The molecule has 0 saturated carbocycles. The van der Waals surface area contributed by atoms with Gasteiger partial charge in [0.2, 0.25) is 0 Å². The highest BCUT2D eigenvalue weighted by atomic mass is 35.5. The van der Waals surface area contributed by atoms with Gasteiger partial charge < -0.3 is 53.2 Å². The van der Waals surface area contributed by atoms with Crippen molar-refractivity contribution >= 4 is 28.8 Å². The fourth-order valence-electron chi connectivity index (χ4n) is 11.1. The third kappa shape index (κ3) is 21.5. The van der Waals surface area contributed by atoms with Gasteiger partial charge in [0.05, 0.1) is 42.4 Å². The molecule has 12 rings (SSSR count). The van der Waals surface area contributed by atoms with Gasteiger partial charge in [-0.05, 0) is 112 Å². The number of halogens is 14. The van der Waals surface area contributed by atoms with Crippen molar-refractivity contribution < 1.29 is 106 Å². The Morgan fingerprint density at radius 2 is 0.767 bits per heavy atom. The number of Topliss-reactive ketones (excluding diaryl/α,β-unsaturated/α-hetero) is 1. The highest BCUT2D eigenvalue weighted by Gasteiger charge is 2.44. The van der Waals surface area contributed by atoms with Crippen molar-refractivity contribution in [3.63, 3.8) is 0 Å². The van der Waals surface area contributed by atoms with Crippen LogP contribution in [0.15, 0.2) is 249 Å². The SMILES string of the molecule is F.O=C(CCl)c1cccc(OCc2ccccc2)c1.OC(CN1c2cccc(-c3cccc(OC(F)(F)F)c3)c2OCC1c1cccc(OCc2ccccc2)c1)C(F)(F)F.OC(CN1c2cccc(-c3cccc(OC(F)(F)F)c3)c2OCC1c1cccc(OCc2ccccc2)c1)C(F)(F)F. The molecule has 103 heavy (non-hydrogen) atoms. The van der Waals surface area contributed by atoms with E-state index in [1.54, 1.807) is 103 Å². The van der Waals surface area contributed by atoms with Gasteiger partial charge >= 0.3 is 25.1 Å². The molecule has 0 aromatic heterocycles. The number of anilines is 2. The molecule has 4 atom stereocenters. The van der Waals surface area contributed by atoms with Crippen LogP contribution >= 0.6 is 11.6 Å². The maximum Gasteiger partial charge on any atom is 0.573 e. The summed E-state index contributed by atoms with van der Waals surface area (Å²) >= 11 is 5.52. The Morgan fingerprint density at radius 1 is 0.427 bits per heavy atom. The van der Waals surface area contributed by atoms with Crippen LogP contribution in [0.1, 0.15) is 50.3 Å². The van der Waals surface area contributed by atoms with Crippen molar-refractivity contribution in [3.8, 4) is 62.5 Å². The van der Waals surface area contributed by atoms with Crippen molar-refractivity contribution in [2.45, 2.75) is 69.2 Å². The lowest BCUT2D eigenvalue weighted by molar-refractivity contribution is -0.275. The van der Waals surface area contributed by atoms with Crippen molar-refractivity contribution in [2.24, 2.45) is 0 Å². The van der Waals surface area contributed by atoms with Crippen LogP contribution in [0, 0.1) is 0 Å². The average molecular weight is 1460 g/mol. The summed E-state index contributed by atoms with van der Waals surface area (Å²) < 4.78 is 196. The van der Waals surface area contributed by atoms with Crippen LogP contribution < -0.4 is 43.0 Å². The number of hydrogen-bond donors (Lipinski definition) is 2. The molecule has 4 unspecified atom stereocenters. The Morgan fingerprint density at radius 3 is 1.13 bits per heavy atom. The van der Waals surface area contributed by atoms with E-state index in [0.29, 0.717) is 62.8 Å². The molecule has 0 bridgehead atoms. The van der Waals surface area contributed by atoms with Crippen LogP contribution in [-0.2, 0) is 19.8 Å². The van der Waals surface area contributed by atoms with E-state index in [4.69, 9.17) is 35.3 Å². The van der Waals surface area contributed by atoms with Crippen LogP contribution in [0.4, 0.5) is 68.8 Å².